The van der Waals surface area contributed by atoms with Gasteiger partial charge in [0, 0.05) is 24.8 Å². The van der Waals surface area contributed by atoms with Crippen LogP contribution >= 0.6 is 0 Å². The molecule has 2 N–H and O–H groups in total. The highest BCUT2D eigenvalue weighted by molar-refractivity contribution is 5.94. The first-order valence-electron chi connectivity index (χ1n) is 6.56. The number of aromatic nitrogens is 2. The van der Waals surface area contributed by atoms with E-state index >= 15 is 0 Å². The molecule has 5 heteroatoms. The highest BCUT2D eigenvalue weighted by Gasteiger charge is 2.16. The van der Waals surface area contributed by atoms with Crippen LogP contribution < -0.4 is 0 Å². The number of aliphatic hydroxyl groups is 1. The normalized spacial score (nSPS) is 9.86. The lowest BCUT2D eigenvalue weighted by Gasteiger charge is -2.17. The van der Waals surface area contributed by atoms with E-state index in [-0.39, 0.29) is 12.5 Å². The third kappa shape index (κ3) is 3.50. The van der Waals surface area contributed by atoms with E-state index in [0.717, 1.165) is 16.8 Å². The van der Waals surface area contributed by atoms with Crippen molar-refractivity contribution in [1.82, 2.24) is 15.1 Å². The first kappa shape index (κ1) is 14.8. The van der Waals surface area contributed by atoms with Gasteiger partial charge in [0.15, 0.2) is 0 Å². The molecule has 0 aliphatic carbocycles. The highest BCUT2D eigenvalue weighted by Crippen LogP contribution is 2.13. The van der Waals surface area contributed by atoms with Gasteiger partial charge in [-0.2, -0.15) is 5.10 Å². The summed E-state index contributed by atoms with van der Waals surface area (Å²) in [7, 11) is 1.74. The lowest BCUT2D eigenvalue weighted by atomic mass is 10.1. The molecule has 2 rings (SSSR count). The van der Waals surface area contributed by atoms with Crippen molar-refractivity contribution in [2.45, 2.75) is 13.5 Å². The van der Waals surface area contributed by atoms with Gasteiger partial charge in [-0.05, 0) is 18.6 Å². The minimum atomic E-state index is -0.183. The number of aliphatic hydroxyl groups excluding tert-OH is 1. The number of hydrogen-bond acceptors (Lipinski definition) is 3. The lowest BCUT2D eigenvalue weighted by molar-refractivity contribution is 0.0784. The minimum Gasteiger partial charge on any atom is -0.384 e. The summed E-state index contributed by atoms with van der Waals surface area (Å²) in [5.41, 5.74) is 3.07. The fraction of sp³-hybridized carbons (Fsp3) is 0.250. The third-order valence-electron chi connectivity index (χ3n) is 3.13. The maximum atomic E-state index is 12.3. The average Bonchev–Trinajstić information content (AvgIpc) is 2.91. The van der Waals surface area contributed by atoms with Crippen LogP contribution in [-0.4, -0.2) is 39.8 Å². The molecule has 0 fully saturated rings. The molecule has 0 atom stereocenters. The number of nitrogens with zero attached hydrogens (tertiary/aromatic N) is 2. The van der Waals surface area contributed by atoms with Crippen molar-refractivity contribution in [3.63, 3.8) is 0 Å². The predicted molar refractivity (Wildman–Crippen MR) is 79.5 cm³/mol. The van der Waals surface area contributed by atoms with Gasteiger partial charge >= 0.3 is 0 Å². The fourth-order valence-electron chi connectivity index (χ4n) is 2.01. The van der Waals surface area contributed by atoms with Crippen molar-refractivity contribution in [2.24, 2.45) is 0 Å². The third-order valence-corrected chi connectivity index (χ3v) is 3.13. The molecule has 2 aromatic rings. The topological polar surface area (TPSA) is 69.2 Å². The zero-order chi connectivity index (χ0) is 15.2. The van der Waals surface area contributed by atoms with E-state index in [4.69, 9.17) is 5.11 Å². The summed E-state index contributed by atoms with van der Waals surface area (Å²) in [6, 6.07) is 7.58. The number of nitrogens with one attached hydrogen (secondary N) is 1. The Morgan fingerprint density at radius 1 is 1.43 bits per heavy atom. The minimum absolute atomic E-state index is 0.0915. The summed E-state index contributed by atoms with van der Waals surface area (Å²) in [4.78, 5) is 14.0. The Labute approximate surface area is 123 Å². The van der Waals surface area contributed by atoms with Crippen LogP contribution in [-0.2, 0) is 6.54 Å². The van der Waals surface area contributed by atoms with Crippen LogP contribution in [0.1, 0.15) is 27.2 Å². The second-order valence-electron chi connectivity index (χ2n) is 4.69. The summed E-state index contributed by atoms with van der Waals surface area (Å²) < 4.78 is 0. The van der Waals surface area contributed by atoms with Crippen LogP contribution in [0.2, 0.25) is 0 Å². The van der Waals surface area contributed by atoms with Crippen molar-refractivity contribution >= 4 is 5.91 Å². The SMILES string of the molecule is Cc1[nH]ncc1C(=O)N(C)Cc1ccccc1C#CCO. The number of hydrogen-bond donors (Lipinski definition) is 2. The smallest absolute Gasteiger partial charge is 0.257 e. The Kier molecular flexibility index (Phi) is 4.75. The average molecular weight is 283 g/mol. The largest absolute Gasteiger partial charge is 0.384 e. The molecule has 1 aromatic carbocycles. The number of aromatic amines is 1. The van der Waals surface area contributed by atoms with Gasteiger partial charge in [0.25, 0.3) is 5.91 Å². The van der Waals surface area contributed by atoms with Crippen LogP contribution in [0.4, 0.5) is 0 Å². The fourth-order valence-corrected chi connectivity index (χ4v) is 2.01. The number of rotatable bonds is 3. The molecule has 1 heterocycles. The Morgan fingerprint density at radius 3 is 2.86 bits per heavy atom. The maximum Gasteiger partial charge on any atom is 0.257 e. The van der Waals surface area contributed by atoms with Crippen molar-refractivity contribution in [1.29, 1.82) is 0 Å². The van der Waals surface area contributed by atoms with Crippen LogP contribution in [0.3, 0.4) is 0 Å². The van der Waals surface area contributed by atoms with Gasteiger partial charge in [-0.1, -0.05) is 30.0 Å². The van der Waals surface area contributed by atoms with E-state index < -0.39 is 0 Å². The molecule has 0 bridgehead atoms. The Hall–Kier alpha value is -2.58. The van der Waals surface area contributed by atoms with Gasteiger partial charge in [0.05, 0.1) is 11.8 Å². The quantitative estimate of drug-likeness (QED) is 0.835. The Balaban J connectivity index is 2.18. The standard InChI is InChI=1S/C16H17N3O2/c1-12-15(10-17-18-12)16(21)19(2)11-14-7-4-3-6-13(14)8-5-9-20/h3-4,6-7,10,20H,9,11H2,1-2H3,(H,17,18). The van der Waals surface area contributed by atoms with E-state index in [2.05, 4.69) is 22.0 Å². The monoisotopic (exact) mass is 283 g/mol. The first-order chi connectivity index (χ1) is 10.1. The molecule has 0 aliphatic heterocycles. The summed E-state index contributed by atoms with van der Waals surface area (Å²) in [6.45, 7) is 2.08. The molecule has 0 radical (unpaired) electrons. The zero-order valence-corrected chi connectivity index (χ0v) is 12.1. The van der Waals surface area contributed by atoms with E-state index in [9.17, 15) is 4.79 Å². The van der Waals surface area contributed by atoms with Crippen molar-refractivity contribution in [3.8, 4) is 11.8 Å². The molecule has 1 aromatic heterocycles. The van der Waals surface area contributed by atoms with E-state index in [1.807, 2.05) is 31.2 Å². The molecule has 21 heavy (non-hydrogen) atoms. The lowest BCUT2D eigenvalue weighted by Crippen LogP contribution is -2.26. The second-order valence-corrected chi connectivity index (χ2v) is 4.69. The van der Waals surface area contributed by atoms with E-state index in [1.165, 1.54) is 6.20 Å². The van der Waals surface area contributed by atoms with Gasteiger partial charge in [0.2, 0.25) is 0 Å². The number of benzene rings is 1. The Morgan fingerprint density at radius 2 is 2.19 bits per heavy atom. The molecule has 0 spiro atoms. The Bertz CT molecular complexity index is 695. The summed E-state index contributed by atoms with van der Waals surface area (Å²) >= 11 is 0. The molecule has 0 unspecified atom stereocenters. The van der Waals surface area contributed by atoms with Gasteiger partial charge in [0.1, 0.15) is 6.61 Å². The van der Waals surface area contributed by atoms with E-state index in [0.29, 0.717) is 12.1 Å². The summed E-state index contributed by atoms with van der Waals surface area (Å²) in [5, 5.41) is 15.4. The van der Waals surface area contributed by atoms with Crippen molar-refractivity contribution < 1.29 is 9.90 Å². The molecule has 108 valence electrons. The van der Waals surface area contributed by atoms with Gasteiger partial charge < -0.3 is 10.0 Å². The van der Waals surface area contributed by atoms with Gasteiger partial charge in [-0.25, -0.2) is 0 Å². The predicted octanol–water partition coefficient (Wildman–Crippen LogP) is 1.33. The molecule has 0 aliphatic rings. The van der Waals surface area contributed by atoms with Crippen LogP contribution in [0.25, 0.3) is 0 Å². The van der Waals surface area contributed by atoms with Crippen LogP contribution in [0, 0.1) is 18.8 Å². The van der Waals surface area contributed by atoms with Crippen LogP contribution in [0.5, 0.6) is 0 Å². The van der Waals surface area contributed by atoms with Gasteiger partial charge in [-0.15, -0.1) is 0 Å². The van der Waals surface area contributed by atoms with Crippen molar-refractivity contribution in [2.75, 3.05) is 13.7 Å². The van der Waals surface area contributed by atoms with Gasteiger partial charge in [-0.3, -0.25) is 9.89 Å². The van der Waals surface area contributed by atoms with Crippen LogP contribution in [0.15, 0.2) is 30.5 Å². The summed E-state index contributed by atoms with van der Waals surface area (Å²) in [5.74, 6) is 5.44. The number of carbonyl (C=O) groups is 1. The molecule has 1 amide bonds. The highest BCUT2D eigenvalue weighted by atomic mass is 16.2. The second kappa shape index (κ2) is 6.73. The number of H-pyrrole nitrogens is 1. The first-order valence-corrected chi connectivity index (χ1v) is 6.56. The molecular weight excluding hydrogens is 266 g/mol. The van der Waals surface area contributed by atoms with Crippen molar-refractivity contribution in [3.05, 3.63) is 52.8 Å². The number of carbonyl (C=O) groups excluding carboxylic acids is 1. The molecular formula is C16H17N3O2. The number of amides is 1. The maximum absolute atomic E-state index is 12.3. The number of aryl methyl sites for hydroxylation is 1. The molecule has 0 saturated carbocycles. The molecule has 0 saturated heterocycles. The van der Waals surface area contributed by atoms with E-state index in [1.54, 1.807) is 11.9 Å². The molecule has 5 nitrogen and oxygen atoms in total. The summed E-state index contributed by atoms with van der Waals surface area (Å²) in [6.07, 6.45) is 1.53. The zero-order valence-electron chi connectivity index (χ0n) is 12.1.